The van der Waals surface area contributed by atoms with E-state index in [1.807, 2.05) is 0 Å². The van der Waals surface area contributed by atoms with E-state index in [0.29, 0.717) is 5.82 Å². The van der Waals surface area contributed by atoms with Crippen LogP contribution >= 0.6 is 0 Å². The van der Waals surface area contributed by atoms with Crippen LogP contribution < -0.4 is 5.32 Å². The van der Waals surface area contributed by atoms with Crippen molar-refractivity contribution in [2.45, 2.75) is 17.9 Å². The molecule has 112 valence electrons. The number of aromatic amines is 1. The minimum atomic E-state index is -3.71. The topological polar surface area (TPSA) is 131 Å². The molecule has 0 amide bonds. The number of anilines is 1. The number of rotatable bonds is 5. The molecule has 1 aromatic carbocycles. The van der Waals surface area contributed by atoms with Crippen LogP contribution in [0.25, 0.3) is 0 Å². The van der Waals surface area contributed by atoms with Crippen LogP contribution in [0.15, 0.2) is 29.4 Å². The SMILES string of the molecule is CC(Nc1cccc(S(C)(=O)=O)c1[N+](=O)[O-])c1ncn[nH]1. The molecule has 0 bridgehead atoms. The minimum Gasteiger partial charge on any atom is -0.370 e. The molecule has 0 saturated carbocycles. The molecule has 21 heavy (non-hydrogen) atoms. The molecule has 0 fully saturated rings. The molecule has 1 unspecified atom stereocenters. The number of nitrogens with zero attached hydrogens (tertiary/aromatic N) is 3. The van der Waals surface area contributed by atoms with Crippen molar-refractivity contribution in [3.8, 4) is 0 Å². The van der Waals surface area contributed by atoms with E-state index in [2.05, 4.69) is 20.5 Å². The van der Waals surface area contributed by atoms with Gasteiger partial charge in [-0.2, -0.15) is 5.10 Å². The van der Waals surface area contributed by atoms with Crippen molar-refractivity contribution in [2.75, 3.05) is 11.6 Å². The molecule has 0 aliphatic carbocycles. The fraction of sp³-hybridized carbons (Fsp3) is 0.273. The maximum Gasteiger partial charge on any atom is 0.310 e. The Morgan fingerprint density at radius 3 is 2.67 bits per heavy atom. The normalized spacial score (nSPS) is 12.9. The zero-order valence-corrected chi connectivity index (χ0v) is 12.1. The van der Waals surface area contributed by atoms with Crippen LogP contribution in [-0.2, 0) is 9.84 Å². The molecule has 0 spiro atoms. The summed E-state index contributed by atoms with van der Waals surface area (Å²) in [6, 6.07) is 3.69. The van der Waals surface area contributed by atoms with Gasteiger partial charge in [-0.1, -0.05) is 6.07 Å². The van der Waals surface area contributed by atoms with Gasteiger partial charge in [0.2, 0.25) is 0 Å². The van der Waals surface area contributed by atoms with Crippen molar-refractivity contribution in [3.63, 3.8) is 0 Å². The van der Waals surface area contributed by atoms with Crippen molar-refractivity contribution in [2.24, 2.45) is 0 Å². The molecule has 0 aliphatic heterocycles. The summed E-state index contributed by atoms with van der Waals surface area (Å²) < 4.78 is 23.3. The van der Waals surface area contributed by atoms with Gasteiger partial charge in [-0.15, -0.1) is 0 Å². The fourth-order valence-electron chi connectivity index (χ4n) is 1.85. The maximum absolute atomic E-state index is 11.7. The zero-order valence-electron chi connectivity index (χ0n) is 11.3. The minimum absolute atomic E-state index is 0.104. The van der Waals surface area contributed by atoms with Gasteiger partial charge in [0, 0.05) is 6.26 Å². The average Bonchev–Trinajstić information content (AvgIpc) is 2.91. The second-order valence-electron chi connectivity index (χ2n) is 4.42. The molecule has 10 heteroatoms. The Hall–Kier alpha value is -2.49. The van der Waals surface area contributed by atoms with E-state index >= 15 is 0 Å². The molecular formula is C11H13N5O4S. The number of aromatic nitrogens is 3. The molecule has 2 aromatic rings. The third-order valence-corrected chi connectivity index (χ3v) is 3.93. The summed E-state index contributed by atoms with van der Waals surface area (Å²) in [6.45, 7) is 1.72. The first-order chi connectivity index (χ1) is 9.80. The van der Waals surface area contributed by atoms with Crippen molar-refractivity contribution in [3.05, 3.63) is 40.5 Å². The third-order valence-electron chi connectivity index (χ3n) is 2.80. The van der Waals surface area contributed by atoms with Crippen LogP contribution in [0.1, 0.15) is 18.8 Å². The monoisotopic (exact) mass is 311 g/mol. The van der Waals surface area contributed by atoms with Crippen LogP contribution in [0.4, 0.5) is 11.4 Å². The van der Waals surface area contributed by atoms with Gasteiger partial charge in [0.1, 0.15) is 22.7 Å². The lowest BCUT2D eigenvalue weighted by molar-refractivity contribution is -0.386. The van der Waals surface area contributed by atoms with E-state index in [4.69, 9.17) is 0 Å². The Kier molecular flexibility index (Phi) is 3.89. The van der Waals surface area contributed by atoms with E-state index in [-0.39, 0.29) is 10.6 Å². The summed E-state index contributed by atoms with van der Waals surface area (Å²) in [5.74, 6) is 0.481. The molecular weight excluding hydrogens is 298 g/mol. The molecule has 0 aliphatic rings. The Balaban J connectivity index is 2.47. The Morgan fingerprint density at radius 1 is 1.43 bits per heavy atom. The molecule has 1 atom stereocenters. The van der Waals surface area contributed by atoms with Crippen LogP contribution in [-0.4, -0.2) is 34.8 Å². The second-order valence-corrected chi connectivity index (χ2v) is 6.40. The van der Waals surface area contributed by atoms with Gasteiger partial charge in [0.05, 0.1) is 11.0 Å². The van der Waals surface area contributed by atoms with Crippen molar-refractivity contribution < 1.29 is 13.3 Å². The molecule has 2 rings (SSSR count). The van der Waals surface area contributed by atoms with Crippen molar-refractivity contribution >= 4 is 21.2 Å². The first-order valence-corrected chi connectivity index (χ1v) is 7.79. The van der Waals surface area contributed by atoms with Crippen LogP contribution in [0.5, 0.6) is 0 Å². The predicted molar refractivity (Wildman–Crippen MR) is 74.6 cm³/mol. The number of H-pyrrole nitrogens is 1. The number of sulfone groups is 1. The van der Waals surface area contributed by atoms with Gasteiger partial charge < -0.3 is 5.32 Å². The van der Waals surface area contributed by atoms with Gasteiger partial charge in [-0.25, -0.2) is 13.4 Å². The first-order valence-electron chi connectivity index (χ1n) is 5.90. The lowest BCUT2D eigenvalue weighted by Crippen LogP contribution is -2.12. The summed E-state index contributed by atoms with van der Waals surface area (Å²) in [4.78, 5) is 14.1. The van der Waals surface area contributed by atoms with E-state index in [0.717, 1.165) is 6.26 Å². The smallest absolute Gasteiger partial charge is 0.310 e. The summed E-state index contributed by atoms with van der Waals surface area (Å²) in [5, 5.41) is 20.4. The highest BCUT2D eigenvalue weighted by Crippen LogP contribution is 2.33. The number of nitro groups is 1. The predicted octanol–water partition coefficient (Wildman–Crippen LogP) is 1.29. The number of benzene rings is 1. The second kappa shape index (κ2) is 5.48. The van der Waals surface area contributed by atoms with Crippen molar-refractivity contribution in [1.29, 1.82) is 0 Å². The van der Waals surface area contributed by atoms with E-state index in [1.165, 1.54) is 24.5 Å². The van der Waals surface area contributed by atoms with Crippen LogP contribution in [0.2, 0.25) is 0 Å². The third kappa shape index (κ3) is 3.16. The highest BCUT2D eigenvalue weighted by molar-refractivity contribution is 7.90. The number of hydrogen-bond acceptors (Lipinski definition) is 7. The quantitative estimate of drug-likeness (QED) is 0.628. The highest BCUT2D eigenvalue weighted by Gasteiger charge is 2.27. The number of nitro benzene ring substituents is 1. The van der Waals surface area contributed by atoms with Gasteiger partial charge in [-0.05, 0) is 19.1 Å². The number of para-hydroxylation sites is 1. The van der Waals surface area contributed by atoms with E-state index in [9.17, 15) is 18.5 Å². The standard InChI is InChI=1S/C11H13N5O4S/c1-7(11-12-6-13-15-11)14-8-4-3-5-9(21(2,19)20)10(8)16(17)18/h3-7,14H,1-2H3,(H,12,13,15). The lowest BCUT2D eigenvalue weighted by Gasteiger charge is -2.13. The average molecular weight is 311 g/mol. The zero-order chi connectivity index (χ0) is 15.6. The Labute approximate surface area is 120 Å². The molecule has 1 aromatic heterocycles. The molecule has 2 N–H and O–H groups in total. The van der Waals surface area contributed by atoms with E-state index in [1.54, 1.807) is 6.92 Å². The lowest BCUT2D eigenvalue weighted by atomic mass is 10.2. The maximum atomic E-state index is 11.7. The first kappa shape index (κ1) is 14.9. The summed E-state index contributed by atoms with van der Waals surface area (Å²) in [6.07, 6.45) is 2.24. The Morgan fingerprint density at radius 2 is 2.14 bits per heavy atom. The van der Waals surface area contributed by atoms with Crippen LogP contribution in [0, 0.1) is 10.1 Å². The van der Waals surface area contributed by atoms with Gasteiger partial charge in [0.15, 0.2) is 9.84 Å². The summed E-state index contributed by atoms with van der Waals surface area (Å²) >= 11 is 0. The van der Waals surface area contributed by atoms with Gasteiger partial charge in [-0.3, -0.25) is 15.2 Å². The highest BCUT2D eigenvalue weighted by atomic mass is 32.2. The van der Waals surface area contributed by atoms with Gasteiger partial charge in [0.25, 0.3) is 0 Å². The molecule has 0 radical (unpaired) electrons. The number of nitrogens with one attached hydrogen (secondary N) is 2. The Bertz CT molecular complexity index is 757. The number of hydrogen-bond donors (Lipinski definition) is 2. The van der Waals surface area contributed by atoms with Gasteiger partial charge >= 0.3 is 5.69 Å². The fourth-order valence-corrected chi connectivity index (χ4v) is 2.71. The molecule has 9 nitrogen and oxygen atoms in total. The van der Waals surface area contributed by atoms with Crippen LogP contribution in [0.3, 0.4) is 0 Å². The molecule has 0 saturated heterocycles. The van der Waals surface area contributed by atoms with Crippen molar-refractivity contribution in [1.82, 2.24) is 15.2 Å². The summed E-state index contributed by atoms with van der Waals surface area (Å²) in [5.41, 5.74) is -0.377. The summed E-state index contributed by atoms with van der Waals surface area (Å²) in [7, 11) is -3.71. The molecule has 1 heterocycles. The van der Waals surface area contributed by atoms with E-state index < -0.39 is 26.5 Å². The largest absolute Gasteiger partial charge is 0.370 e.